The largest absolute Gasteiger partial charge is 0.341 e. The van der Waals surface area contributed by atoms with E-state index in [-0.39, 0.29) is 12.5 Å². The van der Waals surface area contributed by atoms with Gasteiger partial charge in [-0.1, -0.05) is 6.92 Å². The van der Waals surface area contributed by atoms with Crippen LogP contribution in [0, 0.1) is 5.92 Å². The summed E-state index contributed by atoms with van der Waals surface area (Å²) in [7, 11) is 0. The smallest absolute Gasteiger partial charge is 0.236 e. The van der Waals surface area contributed by atoms with E-state index in [1.54, 1.807) is 0 Å². The van der Waals surface area contributed by atoms with Crippen molar-refractivity contribution in [2.45, 2.75) is 38.6 Å². The molecule has 2 rings (SSSR count). The van der Waals surface area contributed by atoms with Crippen molar-refractivity contribution >= 4 is 5.91 Å². The molecular formula is C13H25N3O. The Morgan fingerprint density at radius 1 is 1.12 bits per heavy atom. The van der Waals surface area contributed by atoms with Crippen LogP contribution in [0.1, 0.15) is 32.6 Å². The molecule has 0 radical (unpaired) electrons. The van der Waals surface area contributed by atoms with Crippen LogP contribution in [0.2, 0.25) is 0 Å². The first kappa shape index (κ1) is 12.8. The summed E-state index contributed by atoms with van der Waals surface area (Å²) >= 11 is 0. The third-order valence-corrected chi connectivity index (χ3v) is 4.33. The van der Waals surface area contributed by atoms with E-state index in [2.05, 4.69) is 11.8 Å². The highest BCUT2D eigenvalue weighted by Crippen LogP contribution is 2.23. The molecule has 17 heavy (non-hydrogen) atoms. The first-order valence-electron chi connectivity index (χ1n) is 6.92. The molecule has 0 aromatic rings. The summed E-state index contributed by atoms with van der Waals surface area (Å²) < 4.78 is 0. The molecule has 0 aromatic heterocycles. The van der Waals surface area contributed by atoms with Gasteiger partial charge >= 0.3 is 0 Å². The van der Waals surface area contributed by atoms with Crippen molar-refractivity contribution in [3.05, 3.63) is 0 Å². The highest BCUT2D eigenvalue weighted by Gasteiger charge is 2.28. The third kappa shape index (κ3) is 3.19. The Morgan fingerprint density at radius 2 is 1.71 bits per heavy atom. The maximum atomic E-state index is 11.5. The van der Waals surface area contributed by atoms with Gasteiger partial charge in [-0.2, -0.15) is 0 Å². The minimum atomic E-state index is 0.107. The van der Waals surface area contributed by atoms with Gasteiger partial charge in [0.25, 0.3) is 0 Å². The van der Waals surface area contributed by atoms with Gasteiger partial charge in [0.15, 0.2) is 0 Å². The quantitative estimate of drug-likeness (QED) is 0.770. The maximum absolute atomic E-state index is 11.5. The van der Waals surface area contributed by atoms with Crippen molar-refractivity contribution < 1.29 is 4.79 Å². The molecule has 0 spiro atoms. The van der Waals surface area contributed by atoms with Gasteiger partial charge in [0, 0.05) is 19.1 Å². The van der Waals surface area contributed by atoms with Crippen molar-refractivity contribution in [1.82, 2.24) is 9.80 Å². The lowest BCUT2D eigenvalue weighted by Gasteiger charge is -2.41. The second-order valence-corrected chi connectivity index (χ2v) is 5.53. The Labute approximate surface area is 104 Å². The van der Waals surface area contributed by atoms with Crippen LogP contribution in [-0.2, 0) is 4.79 Å². The van der Waals surface area contributed by atoms with E-state index in [1.165, 1.54) is 25.9 Å². The summed E-state index contributed by atoms with van der Waals surface area (Å²) in [6, 6.07) is 0.698. The van der Waals surface area contributed by atoms with Crippen LogP contribution < -0.4 is 5.73 Å². The van der Waals surface area contributed by atoms with Crippen molar-refractivity contribution in [2.75, 3.05) is 32.7 Å². The zero-order chi connectivity index (χ0) is 12.3. The van der Waals surface area contributed by atoms with Crippen LogP contribution in [0.15, 0.2) is 0 Å². The Hall–Kier alpha value is -0.610. The lowest BCUT2D eigenvalue weighted by Crippen LogP contribution is -2.49. The molecule has 2 fully saturated rings. The molecule has 2 aliphatic heterocycles. The number of amides is 1. The van der Waals surface area contributed by atoms with E-state index in [9.17, 15) is 4.79 Å². The third-order valence-electron chi connectivity index (χ3n) is 4.33. The van der Waals surface area contributed by atoms with Gasteiger partial charge in [-0.05, 0) is 44.7 Å². The fourth-order valence-electron chi connectivity index (χ4n) is 3.00. The van der Waals surface area contributed by atoms with Crippen molar-refractivity contribution in [3.8, 4) is 0 Å². The molecule has 0 aliphatic carbocycles. The average Bonchev–Trinajstić information content (AvgIpc) is 2.39. The molecule has 2 aliphatic rings. The van der Waals surface area contributed by atoms with Gasteiger partial charge in [0.05, 0.1) is 6.54 Å². The van der Waals surface area contributed by atoms with Gasteiger partial charge < -0.3 is 15.5 Å². The molecule has 4 heteroatoms. The number of hydrogen-bond donors (Lipinski definition) is 1. The Balaban J connectivity index is 1.77. The number of carbonyl (C=O) groups excluding carboxylic acids is 1. The lowest BCUT2D eigenvalue weighted by molar-refractivity contribution is -0.131. The second-order valence-electron chi connectivity index (χ2n) is 5.53. The number of rotatable bonds is 2. The zero-order valence-corrected chi connectivity index (χ0v) is 10.9. The Morgan fingerprint density at radius 3 is 2.24 bits per heavy atom. The average molecular weight is 239 g/mol. The predicted molar refractivity (Wildman–Crippen MR) is 68.6 cm³/mol. The Kier molecular flexibility index (Phi) is 4.40. The highest BCUT2D eigenvalue weighted by atomic mass is 16.2. The van der Waals surface area contributed by atoms with Crippen molar-refractivity contribution in [3.63, 3.8) is 0 Å². The molecule has 0 saturated carbocycles. The topological polar surface area (TPSA) is 49.6 Å². The zero-order valence-electron chi connectivity index (χ0n) is 10.9. The number of piperidine rings is 2. The van der Waals surface area contributed by atoms with Crippen LogP contribution in [0.3, 0.4) is 0 Å². The summed E-state index contributed by atoms with van der Waals surface area (Å²) in [6.45, 7) is 6.79. The molecule has 2 N–H and O–H groups in total. The van der Waals surface area contributed by atoms with E-state index >= 15 is 0 Å². The predicted octanol–water partition coefficient (Wildman–Crippen LogP) is 0.668. The lowest BCUT2D eigenvalue weighted by atomic mass is 9.95. The summed E-state index contributed by atoms with van der Waals surface area (Å²) in [5.41, 5.74) is 5.39. The fourth-order valence-corrected chi connectivity index (χ4v) is 3.00. The molecule has 0 atom stereocenters. The second kappa shape index (κ2) is 5.83. The number of likely N-dealkylation sites (tertiary alicyclic amines) is 2. The van der Waals surface area contributed by atoms with E-state index in [0.29, 0.717) is 6.04 Å². The molecule has 0 bridgehead atoms. The minimum absolute atomic E-state index is 0.107. The standard InChI is InChI=1S/C13H25N3O/c1-11-2-6-15(7-3-11)12-4-8-16(9-5-12)13(17)10-14/h11-12H,2-10,14H2,1H3. The van der Waals surface area contributed by atoms with E-state index in [0.717, 1.165) is 31.8 Å². The summed E-state index contributed by atoms with van der Waals surface area (Å²) in [4.78, 5) is 16.0. The fraction of sp³-hybridized carbons (Fsp3) is 0.923. The van der Waals surface area contributed by atoms with Crippen molar-refractivity contribution in [1.29, 1.82) is 0 Å². The van der Waals surface area contributed by atoms with Gasteiger partial charge in [-0.15, -0.1) is 0 Å². The summed E-state index contributed by atoms with van der Waals surface area (Å²) in [6.07, 6.45) is 4.92. The summed E-state index contributed by atoms with van der Waals surface area (Å²) in [5, 5.41) is 0. The maximum Gasteiger partial charge on any atom is 0.236 e. The first-order valence-corrected chi connectivity index (χ1v) is 6.92. The number of nitrogens with two attached hydrogens (primary N) is 1. The van der Waals surface area contributed by atoms with E-state index < -0.39 is 0 Å². The van der Waals surface area contributed by atoms with Gasteiger partial charge in [-0.3, -0.25) is 4.79 Å². The van der Waals surface area contributed by atoms with Crippen LogP contribution in [0.4, 0.5) is 0 Å². The highest BCUT2D eigenvalue weighted by molar-refractivity contribution is 5.78. The van der Waals surface area contributed by atoms with E-state index in [4.69, 9.17) is 5.73 Å². The molecule has 0 unspecified atom stereocenters. The van der Waals surface area contributed by atoms with Crippen LogP contribution in [0.25, 0.3) is 0 Å². The van der Waals surface area contributed by atoms with E-state index in [1.807, 2.05) is 4.90 Å². The normalized spacial score (nSPS) is 25.2. The first-order chi connectivity index (χ1) is 8.20. The molecule has 1 amide bonds. The van der Waals surface area contributed by atoms with Gasteiger partial charge in [0.1, 0.15) is 0 Å². The minimum Gasteiger partial charge on any atom is -0.341 e. The summed E-state index contributed by atoms with van der Waals surface area (Å²) in [5.74, 6) is 1.00. The van der Waals surface area contributed by atoms with Crippen LogP contribution in [0.5, 0.6) is 0 Å². The molecule has 0 aromatic carbocycles. The number of nitrogens with zero attached hydrogens (tertiary/aromatic N) is 2. The number of carbonyl (C=O) groups is 1. The SMILES string of the molecule is CC1CCN(C2CCN(C(=O)CN)CC2)CC1. The molecule has 4 nitrogen and oxygen atoms in total. The molecule has 2 heterocycles. The molecule has 98 valence electrons. The van der Waals surface area contributed by atoms with Crippen LogP contribution >= 0.6 is 0 Å². The van der Waals surface area contributed by atoms with Gasteiger partial charge in [0.2, 0.25) is 5.91 Å². The monoisotopic (exact) mass is 239 g/mol. The molecule has 2 saturated heterocycles. The molecular weight excluding hydrogens is 214 g/mol. The number of hydrogen-bond acceptors (Lipinski definition) is 3. The van der Waals surface area contributed by atoms with Crippen LogP contribution in [-0.4, -0.2) is 54.5 Å². The Bertz CT molecular complexity index is 253. The van der Waals surface area contributed by atoms with Crippen molar-refractivity contribution in [2.24, 2.45) is 11.7 Å². The van der Waals surface area contributed by atoms with Gasteiger partial charge in [-0.25, -0.2) is 0 Å².